The van der Waals surface area contributed by atoms with E-state index in [1.54, 1.807) is 24.3 Å². The number of hydrogen-bond donors (Lipinski definition) is 0. The Labute approximate surface area is 99.6 Å². The lowest BCUT2D eigenvalue weighted by atomic mass is 10.1. The summed E-state index contributed by atoms with van der Waals surface area (Å²) in [5.41, 5.74) is 0.636. The van der Waals surface area contributed by atoms with Crippen molar-refractivity contribution < 1.29 is 9.53 Å². The van der Waals surface area contributed by atoms with Crippen LogP contribution < -0.4 is 0 Å². The number of ether oxygens (including phenoxy) is 1. The van der Waals surface area contributed by atoms with Crippen molar-refractivity contribution in [2.75, 3.05) is 0 Å². The fraction of sp³-hybridized carbons (Fsp3) is 0.333. The predicted molar refractivity (Wildman–Crippen MR) is 60.8 cm³/mol. The standard InChI is InChI=1S/C12H12ClNO2/c1-2-3-12(15)16-11(8-14)9-4-6-10(13)7-5-9/h4-7,11H,2-3H2,1H3/t11-/m1/s1. The van der Waals surface area contributed by atoms with Gasteiger partial charge in [-0.1, -0.05) is 30.7 Å². The Morgan fingerprint density at radius 1 is 1.50 bits per heavy atom. The number of esters is 1. The molecule has 1 aromatic rings. The fourth-order valence-corrected chi connectivity index (χ4v) is 1.33. The predicted octanol–water partition coefficient (Wildman–Crippen LogP) is 3.25. The van der Waals surface area contributed by atoms with Crippen LogP contribution in [0, 0.1) is 11.3 Å². The van der Waals surface area contributed by atoms with Crippen LogP contribution in [0.25, 0.3) is 0 Å². The Morgan fingerprint density at radius 3 is 2.62 bits per heavy atom. The highest BCUT2D eigenvalue weighted by Crippen LogP contribution is 2.19. The summed E-state index contributed by atoms with van der Waals surface area (Å²) in [7, 11) is 0. The molecule has 3 nitrogen and oxygen atoms in total. The molecule has 0 radical (unpaired) electrons. The van der Waals surface area contributed by atoms with Crippen molar-refractivity contribution in [2.24, 2.45) is 0 Å². The molecule has 0 aliphatic rings. The van der Waals surface area contributed by atoms with Gasteiger partial charge in [-0.2, -0.15) is 5.26 Å². The van der Waals surface area contributed by atoms with Crippen molar-refractivity contribution in [3.8, 4) is 6.07 Å². The van der Waals surface area contributed by atoms with Crippen molar-refractivity contribution in [3.63, 3.8) is 0 Å². The number of hydrogen-bond acceptors (Lipinski definition) is 3. The summed E-state index contributed by atoms with van der Waals surface area (Å²) in [6.07, 6.45) is 0.180. The lowest BCUT2D eigenvalue weighted by Crippen LogP contribution is -2.09. The quantitative estimate of drug-likeness (QED) is 0.756. The van der Waals surface area contributed by atoms with Gasteiger partial charge in [0.1, 0.15) is 6.07 Å². The van der Waals surface area contributed by atoms with Crippen molar-refractivity contribution in [1.29, 1.82) is 5.26 Å². The number of benzene rings is 1. The molecule has 0 bridgehead atoms. The SMILES string of the molecule is CCCC(=O)O[C@H](C#N)c1ccc(Cl)cc1. The molecular weight excluding hydrogens is 226 g/mol. The molecule has 84 valence electrons. The lowest BCUT2D eigenvalue weighted by molar-refractivity contribution is -0.146. The molecule has 0 aliphatic heterocycles. The Balaban J connectivity index is 2.72. The Bertz CT molecular complexity index is 394. The minimum atomic E-state index is -0.851. The van der Waals surface area contributed by atoms with Crippen LogP contribution in [0.5, 0.6) is 0 Å². The van der Waals surface area contributed by atoms with Gasteiger partial charge < -0.3 is 4.74 Å². The first-order valence-electron chi connectivity index (χ1n) is 5.02. The van der Waals surface area contributed by atoms with E-state index < -0.39 is 6.10 Å². The first kappa shape index (κ1) is 12.5. The molecule has 0 aromatic heterocycles. The average molecular weight is 238 g/mol. The van der Waals surface area contributed by atoms with Gasteiger partial charge in [0, 0.05) is 17.0 Å². The number of carbonyl (C=O) groups is 1. The van der Waals surface area contributed by atoms with Crippen LogP contribution in [-0.4, -0.2) is 5.97 Å². The van der Waals surface area contributed by atoms with Gasteiger partial charge in [-0.15, -0.1) is 0 Å². The molecule has 0 aliphatic carbocycles. The number of rotatable bonds is 4. The van der Waals surface area contributed by atoms with E-state index in [9.17, 15) is 4.79 Å². The van der Waals surface area contributed by atoms with Gasteiger partial charge in [0.15, 0.2) is 0 Å². The molecule has 0 N–H and O–H groups in total. The number of halogens is 1. The lowest BCUT2D eigenvalue weighted by Gasteiger charge is -2.10. The van der Waals surface area contributed by atoms with Crippen LogP contribution >= 0.6 is 11.6 Å². The molecule has 0 fully saturated rings. The second-order valence-electron chi connectivity index (χ2n) is 3.30. The number of nitrogens with zero attached hydrogens (tertiary/aromatic N) is 1. The van der Waals surface area contributed by atoms with Crippen LogP contribution in [0.4, 0.5) is 0 Å². The third-order valence-corrected chi connectivity index (χ3v) is 2.25. The molecule has 0 saturated carbocycles. The summed E-state index contributed by atoms with van der Waals surface area (Å²) < 4.78 is 5.02. The molecule has 16 heavy (non-hydrogen) atoms. The van der Waals surface area contributed by atoms with Crippen molar-refractivity contribution >= 4 is 17.6 Å². The van der Waals surface area contributed by atoms with Gasteiger partial charge in [-0.3, -0.25) is 4.79 Å². The van der Waals surface area contributed by atoms with Crippen LogP contribution in [0.3, 0.4) is 0 Å². The van der Waals surface area contributed by atoms with E-state index in [2.05, 4.69) is 0 Å². The van der Waals surface area contributed by atoms with E-state index in [-0.39, 0.29) is 5.97 Å². The van der Waals surface area contributed by atoms with Crippen molar-refractivity contribution in [3.05, 3.63) is 34.9 Å². The van der Waals surface area contributed by atoms with E-state index in [4.69, 9.17) is 21.6 Å². The van der Waals surface area contributed by atoms with Gasteiger partial charge in [0.05, 0.1) is 0 Å². The highest BCUT2D eigenvalue weighted by atomic mass is 35.5. The van der Waals surface area contributed by atoms with Gasteiger partial charge in [-0.05, 0) is 18.6 Å². The minimum absolute atomic E-state index is 0.325. The average Bonchev–Trinajstić information content (AvgIpc) is 2.27. The largest absolute Gasteiger partial charge is 0.442 e. The first-order valence-corrected chi connectivity index (χ1v) is 5.39. The van der Waals surface area contributed by atoms with Crippen LogP contribution in [0.1, 0.15) is 31.4 Å². The molecule has 0 unspecified atom stereocenters. The van der Waals surface area contributed by atoms with Gasteiger partial charge in [0.25, 0.3) is 0 Å². The maximum Gasteiger partial charge on any atom is 0.307 e. The third kappa shape index (κ3) is 3.56. The molecule has 1 aromatic carbocycles. The zero-order valence-electron chi connectivity index (χ0n) is 8.94. The normalized spacial score (nSPS) is 11.6. The number of nitriles is 1. The summed E-state index contributed by atoms with van der Waals surface area (Å²) in [6, 6.07) is 8.62. The second-order valence-corrected chi connectivity index (χ2v) is 3.74. The first-order chi connectivity index (χ1) is 7.67. The zero-order chi connectivity index (χ0) is 12.0. The van der Waals surface area contributed by atoms with Gasteiger partial charge in [-0.25, -0.2) is 0 Å². The molecule has 1 rings (SSSR count). The number of carbonyl (C=O) groups excluding carboxylic acids is 1. The van der Waals surface area contributed by atoms with E-state index in [1.807, 2.05) is 13.0 Å². The molecule has 4 heteroatoms. The molecule has 1 atom stereocenters. The van der Waals surface area contributed by atoms with Crippen LogP contribution in [-0.2, 0) is 9.53 Å². The highest BCUT2D eigenvalue weighted by molar-refractivity contribution is 6.30. The molecule has 0 heterocycles. The van der Waals surface area contributed by atoms with E-state index in [0.29, 0.717) is 23.4 Å². The summed E-state index contributed by atoms with van der Waals surface area (Å²) in [6.45, 7) is 1.88. The third-order valence-electron chi connectivity index (χ3n) is 1.99. The molecule has 0 amide bonds. The molecular formula is C12H12ClNO2. The van der Waals surface area contributed by atoms with Gasteiger partial charge >= 0.3 is 5.97 Å². The summed E-state index contributed by atoms with van der Waals surface area (Å²) in [5, 5.41) is 9.49. The second kappa shape index (κ2) is 6.14. The van der Waals surface area contributed by atoms with Crippen molar-refractivity contribution in [2.45, 2.75) is 25.9 Å². The Hall–Kier alpha value is -1.53. The summed E-state index contributed by atoms with van der Waals surface area (Å²) in [5.74, 6) is -0.357. The monoisotopic (exact) mass is 237 g/mol. The smallest absolute Gasteiger partial charge is 0.307 e. The maximum absolute atomic E-state index is 11.3. The maximum atomic E-state index is 11.3. The van der Waals surface area contributed by atoms with Crippen molar-refractivity contribution in [1.82, 2.24) is 0 Å². The topological polar surface area (TPSA) is 50.1 Å². The van der Waals surface area contributed by atoms with Gasteiger partial charge in [0.2, 0.25) is 6.10 Å². The van der Waals surface area contributed by atoms with E-state index in [0.717, 1.165) is 0 Å². The highest BCUT2D eigenvalue weighted by Gasteiger charge is 2.14. The van der Waals surface area contributed by atoms with E-state index >= 15 is 0 Å². The summed E-state index contributed by atoms with van der Waals surface area (Å²) >= 11 is 5.72. The fourth-order valence-electron chi connectivity index (χ4n) is 1.20. The van der Waals surface area contributed by atoms with Crippen LogP contribution in [0.15, 0.2) is 24.3 Å². The van der Waals surface area contributed by atoms with Crippen LogP contribution in [0.2, 0.25) is 5.02 Å². The van der Waals surface area contributed by atoms with E-state index in [1.165, 1.54) is 0 Å². The molecule has 0 spiro atoms. The zero-order valence-corrected chi connectivity index (χ0v) is 9.70. The Kier molecular flexibility index (Phi) is 4.81. The minimum Gasteiger partial charge on any atom is -0.442 e. The summed E-state index contributed by atoms with van der Waals surface area (Å²) in [4.78, 5) is 11.3. The molecule has 0 saturated heterocycles. The Morgan fingerprint density at radius 2 is 2.12 bits per heavy atom.